The Labute approximate surface area is 87.8 Å². The molecule has 2 aliphatic rings. The first-order valence-corrected chi connectivity index (χ1v) is 6.21. The summed E-state index contributed by atoms with van der Waals surface area (Å²) in [6.45, 7) is 5.72. The van der Waals surface area contributed by atoms with Crippen molar-refractivity contribution >= 4 is 0 Å². The summed E-state index contributed by atoms with van der Waals surface area (Å²) >= 11 is 0. The molecule has 1 saturated carbocycles. The van der Waals surface area contributed by atoms with Crippen molar-refractivity contribution in [3.05, 3.63) is 0 Å². The highest BCUT2D eigenvalue weighted by molar-refractivity contribution is 4.93. The third-order valence-electron chi connectivity index (χ3n) is 4.34. The molecule has 1 saturated heterocycles. The Balaban J connectivity index is 2.00. The van der Waals surface area contributed by atoms with E-state index < -0.39 is 0 Å². The van der Waals surface area contributed by atoms with Gasteiger partial charge in [0.05, 0.1) is 0 Å². The SMILES string of the molecule is CC(N)C(C)N1CCC2CCCCC21. The van der Waals surface area contributed by atoms with E-state index in [4.69, 9.17) is 5.73 Å². The quantitative estimate of drug-likeness (QED) is 0.732. The van der Waals surface area contributed by atoms with Crippen LogP contribution in [0.1, 0.15) is 46.0 Å². The van der Waals surface area contributed by atoms with Crippen LogP contribution >= 0.6 is 0 Å². The highest BCUT2D eigenvalue weighted by Gasteiger charge is 2.38. The van der Waals surface area contributed by atoms with Crippen LogP contribution in [0.15, 0.2) is 0 Å². The van der Waals surface area contributed by atoms with Crippen LogP contribution in [-0.2, 0) is 0 Å². The van der Waals surface area contributed by atoms with Gasteiger partial charge in [-0.15, -0.1) is 0 Å². The Morgan fingerprint density at radius 2 is 1.86 bits per heavy atom. The molecule has 4 unspecified atom stereocenters. The lowest BCUT2D eigenvalue weighted by Crippen LogP contribution is -2.48. The van der Waals surface area contributed by atoms with Gasteiger partial charge in [-0.05, 0) is 45.6 Å². The van der Waals surface area contributed by atoms with Gasteiger partial charge >= 0.3 is 0 Å². The number of nitrogens with zero attached hydrogens (tertiary/aromatic N) is 1. The van der Waals surface area contributed by atoms with Crippen molar-refractivity contribution in [3.63, 3.8) is 0 Å². The van der Waals surface area contributed by atoms with Crippen LogP contribution in [0.4, 0.5) is 0 Å². The predicted molar refractivity (Wildman–Crippen MR) is 60.2 cm³/mol. The molecule has 2 N–H and O–H groups in total. The minimum Gasteiger partial charge on any atom is -0.327 e. The van der Waals surface area contributed by atoms with Crippen molar-refractivity contribution in [2.75, 3.05) is 6.54 Å². The molecule has 0 aromatic heterocycles. The molecule has 1 aliphatic heterocycles. The van der Waals surface area contributed by atoms with Gasteiger partial charge in [0.25, 0.3) is 0 Å². The van der Waals surface area contributed by atoms with Crippen LogP contribution in [-0.4, -0.2) is 29.6 Å². The van der Waals surface area contributed by atoms with E-state index in [9.17, 15) is 0 Å². The molecule has 0 amide bonds. The maximum Gasteiger partial charge on any atom is 0.0219 e. The van der Waals surface area contributed by atoms with Crippen LogP contribution in [0.2, 0.25) is 0 Å². The number of likely N-dealkylation sites (tertiary alicyclic amines) is 1. The minimum absolute atomic E-state index is 0.315. The molecule has 2 nitrogen and oxygen atoms in total. The second kappa shape index (κ2) is 4.19. The van der Waals surface area contributed by atoms with Gasteiger partial charge in [0.2, 0.25) is 0 Å². The third-order valence-corrected chi connectivity index (χ3v) is 4.34. The number of nitrogens with two attached hydrogens (primary N) is 1. The zero-order chi connectivity index (χ0) is 10.1. The second-order valence-corrected chi connectivity index (χ2v) is 5.24. The van der Waals surface area contributed by atoms with Crippen LogP contribution < -0.4 is 5.73 Å². The maximum absolute atomic E-state index is 6.00. The van der Waals surface area contributed by atoms with E-state index in [2.05, 4.69) is 18.7 Å². The van der Waals surface area contributed by atoms with Crippen molar-refractivity contribution in [2.45, 2.75) is 64.1 Å². The minimum atomic E-state index is 0.315. The maximum atomic E-state index is 6.00. The molecule has 1 aliphatic carbocycles. The molecule has 1 heterocycles. The summed E-state index contributed by atoms with van der Waals surface area (Å²) in [5.74, 6) is 0.991. The summed E-state index contributed by atoms with van der Waals surface area (Å²) in [5.41, 5.74) is 6.00. The van der Waals surface area contributed by atoms with Gasteiger partial charge in [0.1, 0.15) is 0 Å². The monoisotopic (exact) mass is 196 g/mol. The second-order valence-electron chi connectivity index (χ2n) is 5.24. The first kappa shape index (κ1) is 10.4. The summed E-state index contributed by atoms with van der Waals surface area (Å²) in [4.78, 5) is 2.68. The van der Waals surface area contributed by atoms with Crippen molar-refractivity contribution in [1.82, 2.24) is 4.90 Å². The third kappa shape index (κ3) is 1.82. The van der Waals surface area contributed by atoms with E-state index in [1.54, 1.807) is 0 Å². The summed E-state index contributed by atoms with van der Waals surface area (Å²) < 4.78 is 0. The summed E-state index contributed by atoms with van der Waals surface area (Å²) in [7, 11) is 0. The molecule has 0 spiro atoms. The lowest BCUT2D eigenvalue weighted by atomic mass is 9.85. The van der Waals surface area contributed by atoms with Gasteiger partial charge in [-0.3, -0.25) is 4.90 Å². The highest BCUT2D eigenvalue weighted by Crippen LogP contribution is 2.37. The molecule has 82 valence electrons. The number of hydrogen-bond acceptors (Lipinski definition) is 2. The summed E-state index contributed by atoms with van der Waals surface area (Å²) in [6, 6.07) is 1.75. The first-order valence-electron chi connectivity index (χ1n) is 6.21. The lowest BCUT2D eigenvalue weighted by molar-refractivity contribution is 0.128. The van der Waals surface area contributed by atoms with Crippen molar-refractivity contribution in [2.24, 2.45) is 11.7 Å². The highest BCUT2D eigenvalue weighted by atomic mass is 15.2. The zero-order valence-corrected chi connectivity index (χ0v) is 9.58. The fraction of sp³-hybridized carbons (Fsp3) is 1.00. The van der Waals surface area contributed by atoms with E-state index in [0.717, 1.165) is 12.0 Å². The van der Waals surface area contributed by atoms with Gasteiger partial charge in [-0.1, -0.05) is 12.8 Å². The van der Waals surface area contributed by atoms with Crippen LogP contribution in [0.25, 0.3) is 0 Å². The standard InChI is InChI=1S/C12H24N2/c1-9(13)10(2)14-8-7-11-5-3-4-6-12(11)14/h9-12H,3-8,13H2,1-2H3. The largest absolute Gasteiger partial charge is 0.327 e. The van der Waals surface area contributed by atoms with E-state index >= 15 is 0 Å². The fourth-order valence-corrected chi connectivity index (χ4v) is 3.25. The first-order chi connectivity index (χ1) is 6.70. The molecular weight excluding hydrogens is 172 g/mol. The van der Waals surface area contributed by atoms with E-state index in [1.165, 1.54) is 38.6 Å². The Morgan fingerprint density at radius 3 is 2.57 bits per heavy atom. The Hall–Kier alpha value is -0.0800. The molecule has 0 aromatic rings. The zero-order valence-electron chi connectivity index (χ0n) is 9.58. The van der Waals surface area contributed by atoms with Gasteiger partial charge in [-0.2, -0.15) is 0 Å². The normalized spacial score (nSPS) is 37.9. The van der Waals surface area contributed by atoms with E-state index in [0.29, 0.717) is 12.1 Å². The van der Waals surface area contributed by atoms with Crippen molar-refractivity contribution in [3.8, 4) is 0 Å². The van der Waals surface area contributed by atoms with Crippen LogP contribution in [0, 0.1) is 5.92 Å². The Bertz CT molecular complexity index is 191. The smallest absolute Gasteiger partial charge is 0.0219 e. The number of hydrogen-bond donors (Lipinski definition) is 1. The molecule has 0 radical (unpaired) electrons. The molecule has 2 fully saturated rings. The van der Waals surface area contributed by atoms with E-state index in [1.807, 2.05) is 0 Å². The lowest BCUT2D eigenvalue weighted by Gasteiger charge is -2.37. The van der Waals surface area contributed by atoms with Gasteiger partial charge in [0.15, 0.2) is 0 Å². The average molecular weight is 196 g/mol. The predicted octanol–water partition coefficient (Wildman–Crippen LogP) is 1.99. The topological polar surface area (TPSA) is 29.3 Å². The number of rotatable bonds is 2. The van der Waals surface area contributed by atoms with Gasteiger partial charge in [0, 0.05) is 18.1 Å². The van der Waals surface area contributed by atoms with Crippen LogP contribution in [0.3, 0.4) is 0 Å². The van der Waals surface area contributed by atoms with Crippen LogP contribution in [0.5, 0.6) is 0 Å². The molecule has 0 aromatic carbocycles. The average Bonchev–Trinajstić information content (AvgIpc) is 2.60. The molecule has 4 atom stereocenters. The molecule has 2 heteroatoms. The number of fused-ring (bicyclic) bond motifs is 1. The summed E-state index contributed by atoms with van der Waals surface area (Å²) in [6.07, 6.45) is 7.20. The van der Waals surface area contributed by atoms with Gasteiger partial charge < -0.3 is 5.73 Å². The molecular formula is C12H24N2. The fourth-order valence-electron chi connectivity index (χ4n) is 3.25. The van der Waals surface area contributed by atoms with E-state index in [-0.39, 0.29) is 0 Å². The molecule has 0 bridgehead atoms. The Morgan fingerprint density at radius 1 is 1.14 bits per heavy atom. The van der Waals surface area contributed by atoms with Crippen molar-refractivity contribution < 1.29 is 0 Å². The Kier molecular flexibility index (Phi) is 3.13. The van der Waals surface area contributed by atoms with Gasteiger partial charge in [-0.25, -0.2) is 0 Å². The molecule has 14 heavy (non-hydrogen) atoms. The molecule has 2 rings (SSSR count). The summed E-state index contributed by atoms with van der Waals surface area (Å²) in [5, 5.41) is 0. The van der Waals surface area contributed by atoms with Crippen molar-refractivity contribution in [1.29, 1.82) is 0 Å².